The molecule has 0 amide bonds. The molecule has 1 heterocycles. The van der Waals surface area contributed by atoms with Crippen LogP contribution >= 0.6 is 0 Å². The van der Waals surface area contributed by atoms with Crippen LogP contribution in [0, 0.1) is 22.7 Å². The lowest BCUT2D eigenvalue weighted by molar-refractivity contribution is -0.377. The Morgan fingerprint density at radius 2 is 1.71 bits per heavy atom. The van der Waals surface area contributed by atoms with E-state index in [0.29, 0.717) is 16.7 Å². The van der Waals surface area contributed by atoms with Crippen LogP contribution in [0.25, 0.3) is 0 Å². The molecular formula is C32H44O10. The standard InChI is InChI=1S/C32H44O10/c1-16-21(40-18(3)33)14-32(38)27(41-28(37)20-11-9-8-10-12-20)25-30(7,26(36)17(2)24(16)29(32,5)6)22(35)13-23-31(25,15-39-23)42-19(4)34/h8-12,17,21-23,25-28,35-38H,13-15H2,1-7H3/t17-,21+,22+,23-,25+,26+,27+,28?,30-,31+,32-/m1/s1. The van der Waals surface area contributed by atoms with Crippen molar-refractivity contribution in [3.05, 3.63) is 47.0 Å². The minimum absolute atomic E-state index is 0.0434. The van der Waals surface area contributed by atoms with Crippen LogP contribution in [0.4, 0.5) is 0 Å². The van der Waals surface area contributed by atoms with Crippen molar-refractivity contribution in [3.8, 4) is 0 Å². The largest absolute Gasteiger partial charge is 0.458 e. The first-order chi connectivity index (χ1) is 19.5. The Kier molecular flexibility index (Phi) is 7.69. The van der Waals surface area contributed by atoms with E-state index < -0.39 is 82.6 Å². The highest BCUT2D eigenvalue weighted by molar-refractivity contribution is 5.67. The Morgan fingerprint density at radius 1 is 1.07 bits per heavy atom. The van der Waals surface area contributed by atoms with Gasteiger partial charge in [-0.15, -0.1) is 0 Å². The third-order valence-electron chi connectivity index (χ3n) is 10.9. The highest BCUT2D eigenvalue weighted by Gasteiger charge is 2.76. The van der Waals surface area contributed by atoms with Crippen molar-refractivity contribution in [2.75, 3.05) is 6.61 Å². The zero-order valence-electron chi connectivity index (χ0n) is 25.4. The molecule has 1 unspecified atom stereocenters. The molecule has 232 valence electrons. The molecule has 42 heavy (non-hydrogen) atoms. The van der Waals surface area contributed by atoms with Gasteiger partial charge in [-0.05, 0) is 12.5 Å². The summed E-state index contributed by atoms with van der Waals surface area (Å²) in [5, 5.41) is 48.6. The molecule has 1 aromatic carbocycles. The van der Waals surface area contributed by atoms with Crippen molar-refractivity contribution in [2.24, 2.45) is 22.7 Å². The van der Waals surface area contributed by atoms with Gasteiger partial charge in [-0.2, -0.15) is 0 Å². The Morgan fingerprint density at radius 3 is 2.26 bits per heavy atom. The Balaban J connectivity index is 1.81. The number of aliphatic hydroxyl groups excluding tert-OH is 3. The van der Waals surface area contributed by atoms with E-state index in [2.05, 4.69) is 0 Å². The van der Waals surface area contributed by atoms with Crippen LogP contribution in [0.3, 0.4) is 0 Å². The molecule has 4 N–H and O–H groups in total. The number of rotatable bonds is 5. The average molecular weight is 589 g/mol. The van der Waals surface area contributed by atoms with E-state index in [1.54, 1.807) is 37.3 Å². The Hall–Kier alpha value is -2.34. The van der Waals surface area contributed by atoms with Gasteiger partial charge in [0.15, 0.2) is 11.9 Å². The molecule has 4 aliphatic rings. The molecule has 1 aromatic rings. The highest BCUT2D eigenvalue weighted by atomic mass is 16.6. The van der Waals surface area contributed by atoms with E-state index in [-0.39, 0.29) is 19.4 Å². The second-order valence-corrected chi connectivity index (χ2v) is 13.4. The second kappa shape index (κ2) is 10.4. The molecule has 0 radical (unpaired) electrons. The maximum absolute atomic E-state index is 13.1. The number of hydrogen-bond acceptors (Lipinski definition) is 10. The zero-order valence-corrected chi connectivity index (χ0v) is 25.4. The molecular weight excluding hydrogens is 544 g/mol. The van der Waals surface area contributed by atoms with Crippen molar-refractivity contribution in [3.63, 3.8) is 0 Å². The number of hydrogen-bond donors (Lipinski definition) is 4. The van der Waals surface area contributed by atoms with Crippen LogP contribution in [0.1, 0.15) is 73.2 Å². The van der Waals surface area contributed by atoms with Crippen LogP contribution in [-0.2, 0) is 28.5 Å². The fraction of sp³-hybridized carbons (Fsp3) is 0.688. The molecule has 5 rings (SSSR count). The molecule has 10 heteroatoms. The van der Waals surface area contributed by atoms with Crippen molar-refractivity contribution < 1.29 is 49.0 Å². The monoisotopic (exact) mass is 588 g/mol. The first kappa shape index (κ1) is 31.1. The molecule has 2 saturated carbocycles. The SMILES string of the molecule is CC(=O)O[C@H]1C[C@@]2(O)[C@@H](OC(O)c3ccccc3)[C@@H]3[C@]4(OC(C)=O)CO[C@@H]4C[C@H](O)[C@@]3(C)[C@@H](O)[C@H](C)C(=C1C)C2(C)C. The van der Waals surface area contributed by atoms with Crippen LogP contribution in [0.15, 0.2) is 41.5 Å². The molecule has 10 nitrogen and oxygen atoms in total. The third kappa shape index (κ3) is 4.29. The summed E-state index contributed by atoms with van der Waals surface area (Å²) in [6.07, 6.45) is -6.78. The summed E-state index contributed by atoms with van der Waals surface area (Å²) in [4.78, 5) is 24.9. The van der Waals surface area contributed by atoms with E-state index in [9.17, 15) is 30.0 Å². The number of carbonyl (C=O) groups excluding carboxylic acids is 2. The molecule has 11 atom stereocenters. The van der Waals surface area contributed by atoms with Gasteiger partial charge in [-0.1, -0.05) is 63.6 Å². The number of aliphatic hydroxyl groups is 4. The fourth-order valence-corrected chi connectivity index (χ4v) is 8.82. The summed E-state index contributed by atoms with van der Waals surface area (Å²) >= 11 is 0. The van der Waals surface area contributed by atoms with Gasteiger partial charge in [0.25, 0.3) is 0 Å². The van der Waals surface area contributed by atoms with Crippen LogP contribution < -0.4 is 0 Å². The van der Waals surface area contributed by atoms with Gasteiger partial charge >= 0.3 is 11.9 Å². The number of benzene rings is 1. The summed E-state index contributed by atoms with van der Waals surface area (Å²) < 4.78 is 24.2. The first-order valence-corrected chi connectivity index (χ1v) is 14.7. The number of ether oxygens (including phenoxy) is 4. The second-order valence-electron chi connectivity index (χ2n) is 13.4. The van der Waals surface area contributed by atoms with Gasteiger partial charge in [0.05, 0.1) is 24.9 Å². The summed E-state index contributed by atoms with van der Waals surface area (Å²) in [5.74, 6) is -2.78. The molecule has 2 bridgehead atoms. The maximum Gasteiger partial charge on any atom is 0.303 e. The molecule has 3 fully saturated rings. The molecule has 1 saturated heterocycles. The molecule has 1 aliphatic heterocycles. The highest BCUT2D eigenvalue weighted by Crippen LogP contribution is 2.66. The number of esters is 2. The topological polar surface area (TPSA) is 152 Å². The summed E-state index contributed by atoms with van der Waals surface area (Å²) in [5.41, 5.74) is -3.88. The van der Waals surface area contributed by atoms with Crippen LogP contribution in [0.5, 0.6) is 0 Å². The van der Waals surface area contributed by atoms with E-state index in [0.717, 1.165) is 0 Å². The minimum Gasteiger partial charge on any atom is -0.458 e. The van der Waals surface area contributed by atoms with Crippen molar-refractivity contribution >= 4 is 11.9 Å². The lowest BCUT2D eigenvalue weighted by Crippen LogP contribution is -2.81. The predicted octanol–water partition coefficient (Wildman–Crippen LogP) is 2.57. The quantitative estimate of drug-likeness (QED) is 0.229. The molecule has 0 spiro atoms. The lowest BCUT2D eigenvalue weighted by Gasteiger charge is -2.69. The molecule has 3 aliphatic carbocycles. The first-order valence-electron chi connectivity index (χ1n) is 14.7. The van der Waals surface area contributed by atoms with Gasteiger partial charge in [-0.25, -0.2) is 0 Å². The Bertz CT molecular complexity index is 1260. The van der Waals surface area contributed by atoms with Gasteiger partial charge in [0.2, 0.25) is 0 Å². The fourth-order valence-electron chi connectivity index (χ4n) is 8.82. The minimum atomic E-state index is -1.84. The van der Waals surface area contributed by atoms with Crippen molar-refractivity contribution in [2.45, 2.75) is 109 Å². The number of fused-ring (bicyclic) bond motifs is 5. The summed E-state index contributed by atoms with van der Waals surface area (Å²) in [7, 11) is 0. The Labute approximate surface area is 246 Å². The van der Waals surface area contributed by atoms with E-state index >= 15 is 0 Å². The third-order valence-corrected chi connectivity index (χ3v) is 10.9. The predicted molar refractivity (Wildman–Crippen MR) is 150 cm³/mol. The summed E-state index contributed by atoms with van der Waals surface area (Å²) in [6.45, 7) is 11.6. The zero-order chi connectivity index (χ0) is 31.0. The van der Waals surface area contributed by atoms with E-state index in [1.807, 2.05) is 27.7 Å². The van der Waals surface area contributed by atoms with E-state index in [1.165, 1.54) is 13.8 Å². The van der Waals surface area contributed by atoms with Crippen molar-refractivity contribution in [1.29, 1.82) is 0 Å². The van der Waals surface area contributed by atoms with Gasteiger partial charge in [0.1, 0.15) is 17.8 Å². The van der Waals surface area contributed by atoms with Crippen LogP contribution in [-0.4, -0.2) is 80.7 Å². The lowest BCUT2D eigenvalue weighted by atomic mass is 9.43. The molecule has 0 aromatic heterocycles. The smallest absolute Gasteiger partial charge is 0.303 e. The van der Waals surface area contributed by atoms with Crippen LogP contribution in [0.2, 0.25) is 0 Å². The average Bonchev–Trinajstić information content (AvgIpc) is 2.90. The maximum atomic E-state index is 13.1. The van der Waals surface area contributed by atoms with Gasteiger partial charge in [-0.3, -0.25) is 9.59 Å². The van der Waals surface area contributed by atoms with Crippen molar-refractivity contribution in [1.82, 2.24) is 0 Å². The summed E-state index contributed by atoms with van der Waals surface area (Å²) in [6, 6.07) is 8.66. The van der Waals surface area contributed by atoms with Gasteiger partial charge < -0.3 is 39.4 Å². The normalized spacial score (nSPS) is 43.1. The van der Waals surface area contributed by atoms with E-state index in [4.69, 9.17) is 18.9 Å². The van der Waals surface area contributed by atoms with Gasteiger partial charge in [0, 0.05) is 54.9 Å². The number of carbonyl (C=O) groups is 2.